The Morgan fingerprint density at radius 1 is 0.950 bits per heavy atom. The Labute approximate surface area is 124 Å². The van der Waals surface area contributed by atoms with Crippen LogP contribution in [-0.4, -0.2) is 60.6 Å². The van der Waals surface area contributed by atoms with Gasteiger partial charge < -0.3 is 5.32 Å². The molecule has 1 aliphatic carbocycles. The first-order valence-corrected chi connectivity index (χ1v) is 9.12. The average Bonchev–Trinajstić information content (AvgIpc) is 3.25. The predicted octanol–water partition coefficient (Wildman–Crippen LogP) is 2.08. The van der Waals surface area contributed by atoms with Crippen LogP contribution in [0, 0.1) is 5.92 Å². The Balaban J connectivity index is 1.42. The number of hydrogen-bond donors (Lipinski definition) is 1. The fraction of sp³-hybridized carbons (Fsp3) is 1.00. The van der Waals surface area contributed by atoms with Crippen molar-refractivity contribution in [2.24, 2.45) is 5.92 Å². The molecule has 0 spiro atoms. The van der Waals surface area contributed by atoms with Crippen LogP contribution in [0.4, 0.5) is 0 Å². The largest absolute Gasteiger partial charge is 0.316 e. The van der Waals surface area contributed by atoms with Crippen molar-refractivity contribution in [2.75, 3.05) is 32.7 Å². The molecule has 1 N–H and O–H groups in total. The monoisotopic (exact) mass is 277 g/mol. The topological polar surface area (TPSA) is 18.5 Å². The Bertz CT molecular complexity index is 322. The van der Waals surface area contributed by atoms with Crippen molar-refractivity contribution < 1.29 is 0 Å². The molecule has 4 fully saturated rings. The zero-order chi connectivity index (χ0) is 13.4. The van der Waals surface area contributed by atoms with Crippen LogP contribution in [0.1, 0.15) is 51.4 Å². The second-order valence-corrected chi connectivity index (χ2v) is 7.60. The molecule has 20 heavy (non-hydrogen) atoms. The molecule has 3 atom stereocenters. The minimum absolute atomic E-state index is 0.893. The molecular formula is C17H31N3. The standard InChI is InChI=1S/C17H31N3/c1-2-10-19-11-8-17(16(19)5-1)20(15-6-7-15)13-14-4-3-9-18-12-14/h14-18H,1-13H2. The van der Waals surface area contributed by atoms with E-state index in [4.69, 9.17) is 0 Å². The number of hydrogen-bond acceptors (Lipinski definition) is 3. The summed E-state index contributed by atoms with van der Waals surface area (Å²) in [5.74, 6) is 0.919. The van der Waals surface area contributed by atoms with E-state index >= 15 is 0 Å². The van der Waals surface area contributed by atoms with Crippen LogP contribution >= 0.6 is 0 Å². The summed E-state index contributed by atoms with van der Waals surface area (Å²) < 4.78 is 0. The zero-order valence-corrected chi connectivity index (χ0v) is 12.9. The van der Waals surface area contributed by atoms with Gasteiger partial charge in [-0.3, -0.25) is 9.80 Å². The summed E-state index contributed by atoms with van der Waals surface area (Å²) in [5, 5.41) is 3.61. The average molecular weight is 277 g/mol. The van der Waals surface area contributed by atoms with Crippen LogP contribution in [0.5, 0.6) is 0 Å². The van der Waals surface area contributed by atoms with Crippen LogP contribution < -0.4 is 5.32 Å². The first-order chi connectivity index (χ1) is 9.92. The quantitative estimate of drug-likeness (QED) is 0.849. The van der Waals surface area contributed by atoms with Crippen molar-refractivity contribution in [2.45, 2.75) is 69.5 Å². The van der Waals surface area contributed by atoms with Gasteiger partial charge in [-0.2, -0.15) is 0 Å². The fourth-order valence-corrected chi connectivity index (χ4v) is 4.95. The highest BCUT2D eigenvalue weighted by molar-refractivity contribution is 5.00. The molecule has 4 rings (SSSR count). The third-order valence-electron chi connectivity index (χ3n) is 6.13. The molecule has 0 aromatic carbocycles. The van der Waals surface area contributed by atoms with Crippen LogP contribution in [0.25, 0.3) is 0 Å². The van der Waals surface area contributed by atoms with E-state index < -0.39 is 0 Å². The molecule has 0 bridgehead atoms. The third-order valence-corrected chi connectivity index (χ3v) is 6.13. The van der Waals surface area contributed by atoms with E-state index in [1.165, 1.54) is 84.1 Å². The molecule has 3 unspecified atom stereocenters. The molecule has 0 aromatic heterocycles. The third kappa shape index (κ3) is 2.77. The summed E-state index contributed by atoms with van der Waals surface area (Å²) in [4.78, 5) is 5.77. The molecule has 3 aliphatic heterocycles. The van der Waals surface area contributed by atoms with Gasteiger partial charge in [-0.15, -0.1) is 0 Å². The highest BCUT2D eigenvalue weighted by Crippen LogP contribution is 2.37. The van der Waals surface area contributed by atoms with E-state index in [1.807, 2.05) is 0 Å². The Hall–Kier alpha value is -0.120. The van der Waals surface area contributed by atoms with Gasteiger partial charge in [-0.25, -0.2) is 0 Å². The molecule has 0 aromatic rings. The lowest BCUT2D eigenvalue weighted by molar-refractivity contribution is 0.0904. The molecule has 3 heteroatoms. The predicted molar refractivity (Wildman–Crippen MR) is 82.9 cm³/mol. The van der Waals surface area contributed by atoms with E-state index in [0.29, 0.717) is 0 Å². The van der Waals surface area contributed by atoms with Crippen molar-refractivity contribution in [1.82, 2.24) is 15.1 Å². The van der Waals surface area contributed by atoms with Gasteiger partial charge in [0.2, 0.25) is 0 Å². The summed E-state index contributed by atoms with van der Waals surface area (Å²) in [6.07, 6.45) is 11.6. The van der Waals surface area contributed by atoms with Crippen LogP contribution in [0.15, 0.2) is 0 Å². The normalized spacial score (nSPS) is 39.1. The maximum Gasteiger partial charge on any atom is 0.0266 e. The minimum atomic E-state index is 0.893. The molecule has 1 saturated carbocycles. The molecule has 3 saturated heterocycles. The second kappa shape index (κ2) is 5.94. The van der Waals surface area contributed by atoms with Gasteiger partial charge in [0.25, 0.3) is 0 Å². The van der Waals surface area contributed by atoms with Crippen molar-refractivity contribution in [1.29, 1.82) is 0 Å². The second-order valence-electron chi connectivity index (χ2n) is 7.60. The van der Waals surface area contributed by atoms with Crippen molar-refractivity contribution in [3.8, 4) is 0 Å². The van der Waals surface area contributed by atoms with Crippen LogP contribution in [0.2, 0.25) is 0 Å². The van der Waals surface area contributed by atoms with E-state index in [-0.39, 0.29) is 0 Å². The van der Waals surface area contributed by atoms with Crippen LogP contribution in [-0.2, 0) is 0 Å². The van der Waals surface area contributed by atoms with Crippen molar-refractivity contribution >= 4 is 0 Å². The van der Waals surface area contributed by atoms with Gasteiger partial charge in [-0.05, 0) is 70.5 Å². The van der Waals surface area contributed by atoms with E-state index in [2.05, 4.69) is 15.1 Å². The Kier molecular flexibility index (Phi) is 4.02. The van der Waals surface area contributed by atoms with E-state index in [0.717, 1.165) is 24.0 Å². The first kappa shape index (κ1) is 13.5. The molecule has 4 aliphatic rings. The zero-order valence-electron chi connectivity index (χ0n) is 12.9. The fourth-order valence-electron chi connectivity index (χ4n) is 4.95. The highest BCUT2D eigenvalue weighted by atomic mass is 15.3. The summed E-state index contributed by atoms with van der Waals surface area (Å²) in [5.41, 5.74) is 0. The molecular weight excluding hydrogens is 246 g/mol. The number of nitrogens with zero attached hydrogens (tertiary/aromatic N) is 2. The SMILES string of the molecule is C1CNCC(CN(C2CC2)C2CCN3CCCCC23)C1. The summed E-state index contributed by atoms with van der Waals surface area (Å²) >= 11 is 0. The Morgan fingerprint density at radius 2 is 1.90 bits per heavy atom. The van der Waals surface area contributed by atoms with Gasteiger partial charge in [-0.1, -0.05) is 6.42 Å². The van der Waals surface area contributed by atoms with E-state index in [1.54, 1.807) is 0 Å². The van der Waals surface area contributed by atoms with Crippen molar-refractivity contribution in [3.63, 3.8) is 0 Å². The number of rotatable bonds is 4. The van der Waals surface area contributed by atoms with Gasteiger partial charge in [0, 0.05) is 31.2 Å². The molecule has 114 valence electrons. The van der Waals surface area contributed by atoms with Crippen LogP contribution in [0.3, 0.4) is 0 Å². The minimum Gasteiger partial charge on any atom is -0.316 e. The maximum absolute atomic E-state index is 3.61. The molecule has 0 radical (unpaired) electrons. The summed E-state index contributed by atoms with van der Waals surface area (Å²) in [6, 6.07) is 2.74. The van der Waals surface area contributed by atoms with E-state index in [9.17, 15) is 0 Å². The molecule has 3 heterocycles. The Morgan fingerprint density at radius 3 is 2.70 bits per heavy atom. The lowest BCUT2D eigenvalue weighted by atomic mass is 9.94. The highest BCUT2D eigenvalue weighted by Gasteiger charge is 2.43. The molecule has 3 nitrogen and oxygen atoms in total. The number of piperidine rings is 2. The maximum atomic E-state index is 3.61. The lowest BCUT2D eigenvalue weighted by Gasteiger charge is -2.40. The lowest BCUT2D eigenvalue weighted by Crippen LogP contribution is -2.50. The summed E-state index contributed by atoms with van der Waals surface area (Å²) in [6.45, 7) is 6.66. The smallest absolute Gasteiger partial charge is 0.0266 e. The van der Waals surface area contributed by atoms with Gasteiger partial charge in [0.1, 0.15) is 0 Å². The summed E-state index contributed by atoms with van der Waals surface area (Å²) in [7, 11) is 0. The number of nitrogens with one attached hydrogen (secondary N) is 1. The van der Waals surface area contributed by atoms with Gasteiger partial charge >= 0.3 is 0 Å². The van der Waals surface area contributed by atoms with Crippen molar-refractivity contribution in [3.05, 3.63) is 0 Å². The first-order valence-electron chi connectivity index (χ1n) is 9.12. The van der Waals surface area contributed by atoms with Gasteiger partial charge in [0.15, 0.2) is 0 Å². The van der Waals surface area contributed by atoms with Gasteiger partial charge in [0.05, 0.1) is 0 Å². The number of fused-ring (bicyclic) bond motifs is 1. The molecule has 0 amide bonds.